The molecule has 0 aromatic rings. The molecule has 3 nitrogen and oxygen atoms in total. The van der Waals surface area contributed by atoms with Crippen molar-refractivity contribution in [2.45, 2.75) is 50.8 Å². The Bertz CT molecular complexity index is 775. The predicted octanol–water partition coefficient (Wildman–Crippen LogP) is 3.44. The molecular formula is C19H19F3O3. The van der Waals surface area contributed by atoms with Crippen molar-refractivity contribution in [3.63, 3.8) is 0 Å². The summed E-state index contributed by atoms with van der Waals surface area (Å²) in [5, 5.41) is 11.3. The van der Waals surface area contributed by atoms with Gasteiger partial charge in [0.05, 0.1) is 11.0 Å². The minimum absolute atomic E-state index is 0.0460. The molecule has 0 bridgehead atoms. The summed E-state index contributed by atoms with van der Waals surface area (Å²) in [5.74, 6) is -1.27. The number of carbonyl (C=O) groups is 2. The number of rotatable bonds is 0. The maximum Gasteiger partial charge on any atom is 0.402 e. The summed E-state index contributed by atoms with van der Waals surface area (Å²) in [6, 6.07) is 0. The van der Waals surface area contributed by atoms with Crippen LogP contribution in [0, 0.1) is 16.7 Å². The molecule has 0 spiro atoms. The van der Waals surface area contributed by atoms with Crippen LogP contribution in [0.5, 0.6) is 0 Å². The number of halogens is 3. The molecule has 0 heterocycles. The van der Waals surface area contributed by atoms with Gasteiger partial charge in [-0.2, -0.15) is 13.2 Å². The van der Waals surface area contributed by atoms with Crippen LogP contribution in [0.15, 0.2) is 35.5 Å². The van der Waals surface area contributed by atoms with Crippen LogP contribution < -0.4 is 0 Å². The van der Waals surface area contributed by atoms with Crippen LogP contribution in [0.25, 0.3) is 0 Å². The summed E-state index contributed by atoms with van der Waals surface area (Å²) in [6.45, 7) is 1.65. The van der Waals surface area contributed by atoms with E-state index in [-0.39, 0.29) is 54.8 Å². The normalized spacial score (nSPS) is 43.2. The van der Waals surface area contributed by atoms with Crippen LogP contribution in [0.1, 0.15) is 39.0 Å². The van der Waals surface area contributed by atoms with Crippen LogP contribution in [0.2, 0.25) is 0 Å². The highest BCUT2D eigenvalue weighted by Crippen LogP contribution is 2.65. The second-order valence-electron chi connectivity index (χ2n) is 7.85. The van der Waals surface area contributed by atoms with Gasteiger partial charge < -0.3 is 5.11 Å². The lowest BCUT2D eigenvalue weighted by Crippen LogP contribution is -2.58. The molecule has 4 aliphatic rings. The van der Waals surface area contributed by atoms with Gasteiger partial charge in [-0.25, -0.2) is 0 Å². The van der Waals surface area contributed by atoms with Gasteiger partial charge in [0.2, 0.25) is 0 Å². The van der Waals surface area contributed by atoms with Crippen LogP contribution in [-0.4, -0.2) is 28.5 Å². The van der Waals surface area contributed by atoms with Gasteiger partial charge in [-0.15, -0.1) is 0 Å². The first-order chi connectivity index (χ1) is 11.6. The first kappa shape index (κ1) is 16.8. The van der Waals surface area contributed by atoms with Crippen LogP contribution in [0.4, 0.5) is 13.2 Å². The van der Waals surface area contributed by atoms with E-state index in [9.17, 15) is 27.9 Å². The molecule has 0 amide bonds. The van der Waals surface area contributed by atoms with Crippen LogP contribution in [-0.2, 0) is 9.59 Å². The Hall–Kier alpha value is -1.69. The summed E-state index contributed by atoms with van der Waals surface area (Å²) in [6.07, 6.45) is 0.839. The number of carbonyl (C=O) groups excluding carboxylic acids is 2. The van der Waals surface area contributed by atoms with E-state index in [4.69, 9.17) is 0 Å². The largest absolute Gasteiger partial charge is 0.402 e. The number of ketones is 2. The average Bonchev–Trinajstić information content (AvgIpc) is 2.77. The SMILES string of the molecule is C[C@]12CC=C3[C@@H](C=CC4=CC(=O)CC[C@@]43C(F)(F)F)[C@@]1(O)CCC2=O. The fourth-order valence-electron chi connectivity index (χ4n) is 5.28. The third-order valence-corrected chi connectivity index (χ3v) is 6.88. The Labute approximate surface area is 143 Å². The van der Waals surface area contributed by atoms with Crippen molar-refractivity contribution < 1.29 is 27.9 Å². The smallest absolute Gasteiger partial charge is 0.388 e. The van der Waals surface area contributed by atoms with Crippen LogP contribution >= 0.6 is 0 Å². The molecule has 1 saturated carbocycles. The Morgan fingerprint density at radius 2 is 1.92 bits per heavy atom. The van der Waals surface area contributed by atoms with Gasteiger partial charge in [0, 0.05) is 18.8 Å². The maximum absolute atomic E-state index is 14.2. The predicted molar refractivity (Wildman–Crippen MR) is 83.4 cm³/mol. The van der Waals surface area contributed by atoms with E-state index in [1.165, 1.54) is 12.2 Å². The monoisotopic (exact) mass is 352 g/mol. The first-order valence-corrected chi connectivity index (χ1v) is 8.52. The lowest BCUT2D eigenvalue weighted by Gasteiger charge is -2.54. The van der Waals surface area contributed by atoms with Gasteiger partial charge in [-0.3, -0.25) is 9.59 Å². The van der Waals surface area contributed by atoms with Crippen molar-refractivity contribution in [3.05, 3.63) is 35.5 Å². The van der Waals surface area contributed by atoms with Gasteiger partial charge in [-0.1, -0.05) is 18.2 Å². The molecule has 0 saturated heterocycles. The standard InChI is InChI=1S/C19H19F3O3/c1-16-7-5-13-14(18(16,25)9-6-15(16)24)3-2-11-10-12(23)4-8-17(11,13)19(20,21)22/h2-3,5,10,14,25H,4,6-9H2,1H3/t14-,16-,17-,18+/m1/s1. The number of fused-ring (bicyclic) bond motifs is 5. The highest BCUT2D eigenvalue weighted by Gasteiger charge is 2.69. The molecule has 4 atom stereocenters. The van der Waals surface area contributed by atoms with Gasteiger partial charge in [0.1, 0.15) is 11.2 Å². The molecule has 1 N–H and O–H groups in total. The Morgan fingerprint density at radius 3 is 2.60 bits per heavy atom. The summed E-state index contributed by atoms with van der Waals surface area (Å²) in [4.78, 5) is 24.0. The van der Waals surface area contributed by atoms with Crippen molar-refractivity contribution in [2.24, 2.45) is 16.7 Å². The quantitative estimate of drug-likeness (QED) is 0.680. The van der Waals surface area contributed by atoms with Crippen molar-refractivity contribution >= 4 is 11.6 Å². The molecule has 4 rings (SSSR count). The highest BCUT2D eigenvalue weighted by molar-refractivity contribution is 5.93. The molecule has 4 aliphatic carbocycles. The van der Waals surface area contributed by atoms with Crippen molar-refractivity contribution in [1.29, 1.82) is 0 Å². The Morgan fingerprint density at radius 1 is 1.20 bits per heavy atom. The first-order valence-electron chi connectivity index (χ1n) is 8.52. The van der Waals surface area contributed by atoms with E-state index in [1.54, 1.807) is 13.0 Å². The maximum atomic E-state index is 14.2. The molecule has 0 aromatic heterocycles. The topological polar surface area (TPSA) is 54.4 Å². The average molecular weight is 352 g/mol. The van der Waals surface area contributed by atoms with E-state index in [0.29, 0.717) is 0 Å². The fourth-order valence-corrected chi connectivity index (χ4v) is 5.28. The highest BCUT2D eigenvalue weighted by atomic mass is 19.4. The number of hydrogen-bond acceptors (Lipinski definition) is 3. The minimum atomic E-state index is -4.57. The number of aliphatic hydroxyl groups is 1. The third kappa shape index (κ3) is 1.81. The third-order valence-electron chi connectivity index (χ3n) is 6.88. The van der Waals surface area contributed by atoms with Crippen molar-refractivity contribution in [2.75, 3.05) is 0 Å². The molecule has 134 valence electrons. The summed E-state index contributed by atoms with van der Waals surface area (Å²) >= 11 is 0. The summed E-state index contributed by atoms with van der Waals surface area (Å²) in [5.41, 5.74) is -4.73. The second kappa shape index (κ2) is 4.72. The van der Waals surface area contributed by atoms with Gasteiger partial charge in [-0.05, 0) is 43.4 Å². The van der Waals surface area contributed by atoms with Crippen molar-refractivity contribution in [1.82, 2.24) is 0 Å². The van der Waals surface area contributed by atoms with E-state index >= 15 is 0 Å². The minimum Gasteiger partial charge on any atom is -0.388 e. The molecule has 25 heavy (non-hydrogen) atoms. The number of hydrogen-bond donors (Lipinski definition) is 1. The number of alkyl halides is 3. The molecule has 0 unspecified atom stereocenters. The van der Waals surface area contributed by atoms with Crippen molar-refractivity contribution in [3.8, 4) is 0 Å². The van der Waals surface area contributed by atoms with Gasteiger partial charge in [0.15, 0.2) is 5.78 Å². The molecule has 0 radical (unpaired) electrons. The molecule has 6 heteroatoms. The lowest BCUT2D eigenvalue weighted by molar-refractivity contribution is -0.207. The van der Waals surface area contributed by atoms with Gasteiger partial charge >= 0.3 is 6.18 Å². The van der Waals surface area contributed by atoms with Crippen LogP contribution in [0.3, 0.4) is 0 Å². The van der Waals surface area contributed by atoms with Gasteiger partial charge in [0.25, 0.3) is 0 Å². The zero-order chi connectivity index (χ0) is 18.3. The zero-order valence-corrected chi connectivity index (χ0v) is 13.8. The fraction of sp³-hybridized carbons (Fsp3) is 0.579. The Kier molecular flexibility index (Phi) is 3.17. The zero-order valence-electron chi connectivity index (χ0n) is 13.8. The molecular weight excluding hydrogens is 333 g/mol. The molecule has 0 aromatic carbocycles. The van der Waals surface area contributed by atoms with E-state index in [2.05, 4.69) is 0 Å². The number of allylic oxidation sites excluding steroid dienone is 4. The second-order valence-corrected chi connectivity index (χ2v) is 7.85. The van der Waals surface area contributed by atoms with E-state index in [1.807, 2.05) is 0 Å². The number of Topliss-reactive ketones (excluding diaryl/α,β-unsaturated/α-hetero) is 1. The van der Waals surface area contributed by atoms with E-state index in [0.717, 1.165) is 6.08 Å². The lowest BCUT2D eigenvalue weighted by atomic mass is 9.51. The summed E-state index contributed by atoms with van der Waals surface area (Å²) < 4.78 is 42.7. The Balaban J connectivity index is 1.96. The summed E-state index contributed by atoms with van der Waals surface area (Å²) in [7, 11) is 0. The van der Waals surface area contributed by atoms with E-state index < -0.39 is 28.5 Å². The molecule has 0 aliphatic heterocycles. The molecule has 1 fully saturated rings.